The quantitative estimate of drug-likeness (QED) is 0.564. The van der Waals surface area contributed by atoms with Crippen LogP contribution in [0, 0.1) is 5.82 Å². The van der Waals surface area contributed by atoms with Crippen molar-refractivity contribution in [3.63, 3.8) is 0 Å². The highest BCUT2D eigenvalue weighted by Crippen LogP contribution is 2.22. The fourth-order valence-corrected chi connectivity index (χ4v) is 1.81. The number of hydrogen-bond acceptors (Lipinski definition) is 2. The standard InChI is InChI=1S/C12H17ClFNO/c1-15(6-3-7-16-2)12-5-4-11(14)8-10(12)9-13/h4-5,8H,3,6-7,9H2,1-2H3. The molecular formula is C12H17ClFNO. The third kappa shape index (κ3) is 3.65. The summed E-state index contributed by atoms with van der Waals surface area (Å²) >= 11 is 5.79. The molecule has 0 saturated carbocycles. The van der Waals surface area contributed by atoms with Gasteiger partial charge < -0.3 is 9.64 Å². The number of halogens is 2. The molecule has 0 atom stereocenters. The van der Waals surface area contributed by atoms with Crippen LogP contribution in [0.2, 0.25) is 0 Å². The molecule has 0 radical (unpaired) electrons. The van der Waals surface area contributed by atoms with Crippen LogP contribution in [0.25, 0.3) is 0 Å². The summed E-state index contributed by atoms with van der Waals surface area (Å²) in [5, 5.41) is 0. The summed E-state index contributed by atoms with van der Waals surface area (Å²) in [6.07, 6.45) is 0.937. The van der Waals surface area contributed by atoms with Crippen molar-refractivity contribution >= 4 is 17.3 Å². The molecule has 0 aliphatic carbocycles. The number of anilines is 1. The van der Waals surface area contributed by atoms with Crippen LogP contribution >= 0.6 is 11.6 Å². The van der Waals surface area contributed by atoms with Gasteiger partial charge in [0.05, 0.1) is 0 Å². The van der Waals surface area contributed by atoms with E-state index in [-0.39, 0.29) is 5.82 Å². The largest absolute Gasteiger partial charge is 0.385 e. The van der Waals surface area contributed by atoms with Crippen LogP contribution in [0.4, 0.5) is 10.1 Å². The van der Waals surface area contributed by atoms with Crippen LogP contribution in [-0.4, -0.2) is 27.3 Å². The monoisotopic (exact) mass is 245 g/mol. The number of nitrogens with zero attached hydrogens (tertiary/aromatic N) is 1. The van der Waals surface area contributed by atoms with Crippen LogP contribution in [0.3, 0.4) is 0 Å². The minimum absolute atomic E-state index is 0.246. The maximum atomic E-state index is 13.0. The molecule has 0 aliphatic heterocycles. The second-order valence-electron chi connectivity index (χ2n) is 3.67. The van der Waals surface area contributed by atoms with Gasteiger partial charge in [-0.1, -0.05) is 0 Å². The number of alkyl halides is 1. The van der Waals surface area contributed by atoms with Gasteiger partial charge in [-0.3, -0.25) is 0 Å². The number of ether oxygens (including phenoxy) is 1. The topological polar surface area (TPSA) is 12.5 Å². The van der Waals surface area contributed by atoms with Gasteiger partial charge in [0.15, 0.2) is 0 Å². The molecule has 0 amide bonds. The Bertz CT molecular complexity index is 333. The normalized spacial score (nSPS) is 10.5. The summed E-state index contributed by atoms with van der Waals surface area (Å²) < 4.78 is 18.0. The van der Waals surface area contributed by atoms with Crippen molar-refractivity contribution in [1.82, 2.24) is 0 Å². The van der Waals surface area contributed by atoms with Crippen molar-refractivity contribution in [3.8, 4) is 0 Å². The predicted octanol–water partition coefficient (Wildman–Crippen LogP) is 3.04. The van der Waals surface area contributed by atoms with E-state index >= 15 is 0 Å². The third-order valence-electron chi connectivity index (χ3n) is 2.44. The van der Waals surface area contributed by atoms with E-state index in [0.717, 1.165) is 30.8 Å². The number of rotatable bonds is 6. The summed E-state index contributed by atoms with van der Waals surface area (Å²) in [6.45, 7) is 1.59. The molecule has 4 heteroatoms. The summed E-state index contributed by atoms with van der Waals surface area (Å²) in [6, 6.07) is 4.70. The van der Waals surface area contributed by atoms with Crippen LogP contribution in [-0.2, 0) is 10.6 Å². The van der Waals surface area contributed by atoms with Crippen molar-refractivity contribution in [1.29, 1.82) is 0 Å². The van der Waals surface area contributed by atoms with Crippen LogP contribution in [0.1, 0.15) is 12.0 Å². The summed E-state index contributed by atoms with van der Waals surface area (Å²) in [5.41, 5.74) is 1.80. The van der Waals surface area contributed by atoms with Gasteiger partial charge in [-0.2, -0.15) is 0 Å². The minimum atomic E-state index is -0.246. The summed E-state index contributed by atoms with van der Waals surface area (Å²) in [7, 11) is 3.65. The maximum absolute atomic E-state index is 13.0. The maximum Gasteiger partial charge on any atom is 0.123 e. The number of methoxy groups -OCH3 is 1. The van der Waals surface area contributed by atoms with Crippen molar-refractivity contribution < 1.29 is 9.13 Å². The van der Waals surface area contributed by atoms with Crippen LogP contribution < -0.4 is 4.90 Å². The average Bonchev–Trinajstić information content (AvgIpc) is 2.29. The zero-order chi connectivity index (χ0) is 12.0. The molecule has 0 fully saturated rings. The molecule has 1 aromatic carbocycles. The molecule has 0 N–H and O–H groups in total. The van der Waals surface area contributed by atoms with Gasteiger partial charge >= 0.3 is 0 Å². The number of benzene rings is 1. The van der Waals surface area contributed by atoms with E-state index < -0.39 is 0 Å². The molecule has 0 unspecified atom stereocenters. The third-order valence-corrected chi connectivity index (χ3v) is 2.73. The average molecular weight is 246 g/mol. The molecule has 0 aromatic heterocycles. The van der Waals surface area contributed by atoms with E-state index in [1.807, 2.05) is 7.05 Å². The predicted molar refractivity (Wildman–Crippen MR) is 65.7 cm³/mol. The molecule has 0 spiro atoms. The van der Waals surface area contributed by atoms with Gasteiger partial charge in [0.1, 0.15) is 5.82 Å². The minimum Gasteiger partial charge on any atom is -0.385 e. The Kier molecular flexibility index (Phi) is 5.56. The van der Waals surface area contributed by atoms with E-state index in [2.05, 4.69) is 4.90 Å². The number of hydrogen-bond donors (Lipinski definition) is 0. The first-order valence-electron chi connectivity index (χ1n) is 5.23. The van der Waals surface area contributed by atoms with Gasteiger partial charge in [-0.05, 0) is 30.2 Å². The summed E-state index contributed by atoms with van der Waals surface area (Å²) in [4.78, 5) is 2.07. The molecule has 2 nitrogen and oxygen atoms in total. The Morgan fingerprint density at radius 1 is 1.44 bits per heavy atom. The van der Waals surface area contributed by atoms with Crippen LogP contribution in [0.15, 0.2) is 18.2 Å². The Morgan fingerprint density at radius 3 is 2.81 bits per heavy atom. The molecule has 0 heterocycles. The Balaban J connectivity index is 2.70. The molecule has 0 aliphatic rings. The Morgan fingerprint density at radius 2 is 2.19 bits per heavy atom. The van der Waals surface area contributed by atoms with Crippen LogP contribution in [0.5, 0.6) is 0 Å². The fourth-order valence-electron chi connectivity index (χ4n) is 1.60. The lowest BCUT2D eigenvalue weighted by Crippen LogP contribution is -2.21. The highest BCUT2D eigenvalue weighted by molar-refractivity contribution is 6.17. The van der Waals surface area contributed by atoms with Crippen molar-refractivity contribution in [3.05, 3.63) is 29.6 Å². The van der Waals surface area contributed by atoms with Gasteiger partial charge in [0.2, 0.25) is 0 Å². The van der Waals surface area contributed by atoms with E-state index in [0.29, 0.717) is 5.88 Å². The van der Waals surface area contributed by atoms with E-state index in [4.69, 9.17) is 16.3 Å². The molecule has 0 saturated heterocycles. The van der Waals surface area contributed by atoms with Crippen molar-refractivity contribution in [2.45, 2.75) is 12.3 Å². The highest BCUT2D eigenvalue weighted by atomic mass is 35.5. The fraction of sp³-hybridized carbons (Fsp3) is 0.500. The lowest BCUT2D eigenvalue weighted by atomic mass is 10.1. The molecular weight excluding hydrogens is 229 g/mol. The lowest BCUT2D eigenvalue weighted by molar-refractivity contribution is 0.196. The molecule has 16 heavy (non-hydrogen) atoms. The molecule has 1 rings (SSSR count). The van der Waals surface area contributed by atoms with E-state index in [1.54, 1.807) is 13.2 Å². The van der Waals surface area contributed by atoms with Gasteiger partial charge in [-0.15, -0.1) is 11.6 Å². The second kappa shape index (κ2) is 6.71. The van der Waals surface area contributed by atoms with Gasteiger partial charge in [-0.25, -0.2) is 4.39 Å². The second-order valence-corrected chi connectivity index (χ2v) is 3.94. The SMILES string of the molecule is COCCCN(C)c1ccc(F)cc1CCl. The lowest BCUT2D eigenvalue weighted by Gasteiger charge is -2.21. The highest BCUT2D eigenvalue weighted by Gasteiger charge is 2.07. The molecule has 0 bridgehead atoms. The first-order valence-corrected chi connectivity index (χ1v) is 5.77. The van der Waals surface area contributed by atoms with E-state index in [9.17, 15) is 4.39 Å². The Hall–Kier alpha value is -0.800. The zero-order valence-corrected chi connectivity index (χ0v) is 10.4. The molecule has 90 valence electrons. The first kappa shape index (κ1) is 13.3. The van der Waals surface area contributed by atoms with Gasteiger partial charge in [0, 0.05) is 38.9 Å². The van der Waals surface area contributed by atoms with Crippen molar-refractivity contribution in [2.75, 3.05) is 32.2 Å². The van der Waals surface area contributed by atoms with E-state index in [1.165, 1.54) is 12.1 Å². The smallest absolute Gasteiger partial charge is 0.123 e. The Labute approximate surface area is 101 Å². The van der Waals surface area contributed by atoms with Gasteiger partial charge in [0.25, 0.3) is 0 Å². The summed E-state index contributed by atoms with van der Waals surface area (Å²) in [5.74, 6) is 0.0755. The first-order chi connectivity index (χ1) is 7.69. The molecule has 1 aromatic rings. The van der Waals surface area contributed by atoms with Crippen molar-refractivity contribution in [2.24, 2.45) is 0 Å². The zero-order valence-electron chi connectivity index (χ0n) is 9.67.